The van der Waals surface area contributed by atoms with E-state index in [0.717, 1.165) is 5.56 Å². The third-order valence-electron chi connectivity index (χ3n) is 5.79. The van der Waals surface area contributed by atoms with Gasteiger partial charge < -0.3 is 31.9 Å². The molecule has 0 heterocycles. The van der Waals surface area contributed by atoms with E-state index in [1.165, 1.54) is 18.2 Å². The van der Waals surface area contributed by atoms with Crippen LogP contribution in [0.2, 0.25) is 5.02 Å². The number of primary amides is 1. The quantitative estimate of drug-likeness (QED) is 0.247. The van der Waals surface area contributed by atoms with E-state index in [2.05, 4.69) is 10.6 Å². The molecular weight excluding hydrogens is 500 g/mol. The van der Waals surface area contributed by atoms with Gasteiger partial charge >= 0.3 is 5.97 Å². The molecule has 0 spiro atoms. The van der Waals surface area contributed by atoms with Crippen molar-refractivity contribution in [3.63, 3.8) is 0 Å². The molecule has 10 nitrogen and oxygen atoms in total. The number of rotatable bonds is 14. The molecule has 2 aromatic rings. The lowest BCUT2D eigenvalue weighted by molar-refractivity contribution is -0.143. The van der Waals surface area contributed by atoms with Gasteiger partial charge in [-0.15, -0.1) is 0 Å². The second-order valence-electron chi connectivity index (χ2n) is 8.81. The second kappa shape index (κ2) is 14.2. The third-order valence-corrected chi connectivity index (χ3v) is 6.02. The van der Waals surface area contributed by atoms with Gasteiger partial charge in [0.15, 0.2) is 0 Å². The molecule has 37 heavy (non-hydrogen) atoms. The van der Waals surface area contributed by atoms with Crippen molar-refractivity contribution < 1.29 is 29.0 Å². The Balaban J connectivity index is 2.16. The average Bonchev–Trinajstić information content (AvgIpc) is 2.85. The highest BCUT2D eigenvalue weighted by atomic mass is 35.5. The van der Waals surface area contributed by atoms with Crippen LogP contribution in [0, 0.1) is 5.92 Å². The van der Waals surface area contributed by atoms with E-state index >= 15 is 0 Å². The number of hydrogen-bond donors (Lipinski definition) is 5. The lowest BCUT2D eigenvalue weighted by atomic mass is 9.98. The molecule has 0 aliphatic carbocycles. The van der Waals surface area contributed by atoms with Crippen LogP contribution in [0.25, 0.3) is 0 Å². The fourth-order valence-corrected chi connectivity index (χ4v) is 3.72. The first kappa shape index (κ1) is 29.6. The molecule has 7 N–H and O–H groups in total. The van der Waals surface area contributed by atoms with Crippen molar-refractivity contribution in [2.45, 2.75) is 51.2 Å². The van der Waals surface area contributed by atoms with Gasteiger partial charge in [-0.1, -0.05) is 62.2 Å². The van der Waals surface area contributed by atoms with E-state index < -0.39 is 42.2 Å². The maximum Gasteiger partial charge on any atom is 0.326 e. The second-order valence-corrected chi connectivity index (χ2v) is 9.24. The van der Waals surface area contributed by atoms with Crippen molar-refractivity contribution in [2.75, 3.05) is 6.61 Å². The molecule has 2 rings (SSSR count). The van der Waals surface area contributed by atoms with Crippen LogP contribution in [0.5, 0.6) is 5.75 Å². The van der Waals surface area contributed by atoms with E-state index in [0.29, 0.717) is 17.9 Å². The number of nitrogens with two attached hydrogens (primary N) is 2. The van der Waals surface area contributed by atoms with E-state index in [9.17, 15) is 24.3 Å². The van der Waals surface area contributed by atoms with Gasteiger partial charge in [0, 0.05) is 11.1 Å². The standard InChI is InChI=1S/C26H33ClN4O6/c1-3-15(2)23(26(35)36)31-25(34)20(13-22(29)32)30-24(33)19-10-9-17(27)12-21(19)37-14-18(28)11-16-7-5-4-6-8-16/h4-10,12,15,18,20,23H,3,11,13-14,28H2,1-2H3,(H2,29,32)(H,30,33)(H,31,34)(H,35,36)/t15-,18+,20-,23-/m0/s1. The van der Waals surface area contributed by atoms with Gasteiger partial charge in [-0.05, 0) is 36.1 Å². The molecule has 11 heteroatoms. The van der Waals surface area contributed by atoms with Gasteiger partial charge in [-0.25, -0.2) is 4.79 Å². The third kappa shape index (κ3) is 9.40. The van der Waals surface area contributed by atoms with E-state index in [1.54, 1.807) is 13.8 Å². The summed E-state index contributed by atoms with van der Waals surface area (Å²) in [4.78, 5) is 49.2. The number of aliphatic carboxylic acids is 1. The summed E-state index contributed by atoms with van der Waals surface area (Å²) >= 11 is 6.10. The van der Waals surface area contributed by atoms with Crippen LogP contribution in [0.1, 0.15) is 42.6 Å². The van der Waals surface area contributed by atoms with Gasteiger partial charge in [-0.2, -0.15) is 0 Å². The first-order chi connectivity index (χ1) is 17.5. The van der Waals surface area contributed by atoms with Gasteiger partial charge in [0.05, 0.1) is 12.0 Å². The highest BCUT2D eigenvalue weighted by Gasteiger charge is 2.31. The summed E-state index contributed by atoms with van der Waals surface area (Å²) in [5.41, 5.74) is 12.5. The zero-order valence-corrected chi connectivity index (χ0v) is 21.5. The van der Waals surface area contributed by atoms with Crippen LogP contribution in [-0.4, -0.2) is 53.5 Å². The summed E-state index contributed by atoms with van der Waals surface area (Å²) in [7, 11) is 0. The first-order valence-corrected chi connectivity index (χ1v) is 12.2. The normalized spacial score (nSPS) is 14.1. The number of carboxylic acid groups (broad SMARTS) is 1. The number of amides is 3. The number of hydrogen-bond acceptors (Lipinski definition) is 6. The molecule has 3 amide bonds. The zero-order valence-electron chi connectivity index (χ0n) is 20.8. The molecular formula is C26H33ClN4O6. The maximum atomic E-state index is 13.1. The largest absolute Gasteiger partial charge is 0.491 e. The Morgan fingerprint density at radius 3 is 2.35 bits per heavy atom. The summed E-state index contributed by atoms with van der Waals surface area (Å²) < 4.78 is 5.80. The van der Waals surface area contributed by atoms with Gasteiger partial charge in [0.1, 0.15) is 24.4 Å². The van der Waals surface area contributed by atoms with E-state index in [1.807, 2.05) is 30.3 Å². The smallest absolute Gasteiger partial charge is 0.326 e. The Bertz CT molecular complexity index is 1100. The predicted octanol–water partition coefficient (Wildman–Crippen LogP) is 1.88. The van der Waals surface area contributed by atoms with Crippen LogP contribution in [0.4, 0.5) is 0 Å². The number of benzene rings is 2. The number of halogens is 1. The highest BCUT2D eigenvalue weighted by Crippen LogP contribution is 2.24. The number of carboxylic acids is 1. The topological polar surface area (TPSA) is 174 Å². The SMILES string of the molecule is CC[C@H](C)[C@H](NC(=O)[C@H](CC(N)=O)NC(=O)c1ccc(Cl)cc1OC[C@H](N)Cc1ccccc1)C(=O)O. The summed E-state index contributed by atoms with van der Waals surface area (Å²) in [5.74, 6) is -3.92. The monoisotopic (exact) mass is 532 g/mol. The van der Waals surface area contributed by atoms with Crippen LogP contribution in [-0.2, 0) is 20.8 Å². The molecule has 0 aliphatic heterocycles. The van der Waals surface area contributed by atoms with Crippen molar-refractivity contribution >= 4 is 35.3 Å². The Hall–Kier alpha value is -3.63. The predicted molar refractivity (Wildman–Crippen MR) is 139 cm³/mol. The van der Waals surface area contributed by atoms with Crippen LogP contribution in [0.3, 0.4) is 0 Å². The molecule has 0 bridgehead atoms. The summed E-state index contributed by atoms with van der Waals surface area (Å²) in [6.45, 7) is 3.53. The minimum atomic E-state index is -1.40. The lowest BCUT2D eigenvalue weighted by Gasteiger charge is -2.24. The zero-order chi connectivity index (χ0) is 27.5. The Morgan fingerprint density at radius 2 is 1.76 bits per heavy atom. The molecule has 2 aromatic carbocycles. The number of carbonyl (C=O) groups excluding carboxylic acids is 3. The molecule has 0 saturated carbocycles. The number of nitrogens with one attached hydrogen (secondary N) is 2. The summed E-state index contributed by atoms with van der Waals surface area (Å²) in [6.07, 6.45) is 0.503. The first-order valence-electron chi connectivity index (χ1n) is 11.9. The molecule has 0 aliphatic rings. The Labute approximate surface area is 220 Å². The van der Waals surface area contributed by atoms with Gasteiger partial charge in [-0.3, -0.25) is 14.4 Å². The molecule has 0 unspecified atom stereocenters. The van der Waals surface area contributed by atoms with Crippen molar-refractivity contribution in [3.05, 3.63) is 64.7 Å². The van der Waals surface area contributed by atoms with Crippen molar-refractivity contribution in [1.29, 1.82) is 0 Å². The highest BCUT2D eigenvalue weighted by molar-refractivity contribution is 6.30. The maximum absolute atomic E-state index is 13.1. The van der Waals surface area contributed by atoms with Crippen LogP contribution in [0.15, 0.2) is 48.5 Å². The fourth-order valence-electron chi connectivity index (χ4n) is 3.56. The number of carbonyl (C=O) groups is 4. The molecule has 0 fully saturated rings. The molecule has 4 atom stereocenters. The summed E-state index contributed by atoms with van der Waals surface area (Å²) in [6, 6.07) is 10.9. The van der Waals surface area contributed by atoms with Crippen molar-refractivity contribution in [1.82, 2.24) is 10.6 Å². The molecule has 0 radical (unpaired) electrons. The Kier molecular flexibility index (Phi) is 11.4. The minimum Gasteiger partial charge on any atom is -0.491 e. The van der Waals surface area contributed by atoms with E-state index in [4.69, 9.17) is 27.8 Å². The summed E-state index contributed by atoms with van der Waals surface area (Å²) in [5, 5.41) is 14.6. The van der Waals surface area contributed by atoms with Crippen molar-refractivity contribution in [3.8, 4) is 5.75 Å². The van der Waals surface area contributed by atoms with Crippen LogP contribution >= 0.6 is 11.6 Å². The minimum absolute atomic E-state index is 0.0512. The molecule has 200 valence electrons. The fraction of sp³-hybridized carbons (Fsp3) is 0.385. The Morgan fingerprint density at radius 1 is 1.08 bits per heavy atom. The van der Waals surface area contributed by atoms with Gasteiger partial charge in [0.2, 0.25) is 11.8 Å². The number of ether oxygens (including phenoxy) is 1. The van der Waals surface area contributed by atoms with Gasteiger partial charge in [0.25, 0.3) is 5.91 Å². The lowest BCUT2D eigenvalue weighted by Crippen LogP contribution is -2.54. The molecule has 0 saturated heterocycles. The van der Waals surface area contributed by atoms with Crippen molar-refractivity contribution in [2.24, 2.45) is 17.4 Å². The van der Waals surface area contributed by atoms with Crippen LogP contribution < -0.4 is 26.8 Å². The average molecular weight is 533 g/mol. The van der Waals surface area contributed by atoms with E-state index in [-0.39, 0.29) is 29.9 Å². The molecule has 0 aromatic heterocycles.